The molecule has 7 heteroatoms. The van der Waals surface area contributed by atoms with Crippen LogP contribution in [0.25, 0.3) is 16.9 Å². The Morgan fingerprint density at radius 1 is 1.13 bits per heavy atom. The Kier molecular flexibility index (Phi) is 3.32. The lowest BCUT2D eigenvalue weighted by molar-refractivity contribution is 0.102. The fourth-order valence-corrected chi connectivity index (χ4v) is 2.88. The highest BCUT2D eigenvalue weighted by atomic mass is 32.1. The molecule has 1 N–H and O–H groups in total. The minimum atomic E-state index is -0.205. The van der Waals surface area contributed by atoms with Crippen LogP contribution in [0.2, 0.25) is 0 Å². The smallest absolute Gasteiger partial charge is 0.256 e. The maximum Gasteiger partial charge on any atom is 0.256 e. The number of aromatic nitrogens is 4. The van der Waals surface area contributed by atoms with E-state index in [4.69, 9.17) is 0 Å². The normalized spacial score (nSPS) is 10.8. The van der Waals surface area contributed by atoms with Crippen molar-refractivity contribution >= 4 is 28.7 Å². The van der Waals surface area contributed by atoms with E-state index in [-0.39, 0.29) is 5.91 Å². The molecule has 0 spiro atoms. The molecule has 0 aliphatic carbocycles. The van der Waals surface area contributed by atoms with Crippen LogP contribution in [0.15, 0.2) is 59.9 Å². The second-order valence-corrected chi connectivity index (χ2v) is 5.63. The predicted octanol–water partition coefficient (Wildman–Crippen LogP) is 3.11. The van der Waals surface area contributed by atoms with Gasteiger partial charge in [0.15, 0.2) is 5.65 Å². The highest BCUT2D eigenvalue weighted by Crippen LogP contribution is 2.22. The third-order valence-electron chi connectivity index (χ3n) is 3.40. The summed E-state index contributed by atoms with van der Waals surface area (Å²) in [5, 5.41) is 6.89. The van der Waals surface area contributed by atoms with Crippen LogP contribution in [0.4, 0.5) is 5.82 Å². The summed E-state index contributed by atoms with van der Waals surface area (Å²) in [6.07, 6.45) is 8.35. The highest BCUT2D eigenvalue weighted by molar-refractivity contribution is 7.08. The van der Waals surface area contributed by atoms with Crippen LogP contribution in [0.3, 0.4) is 0 Å². The molecule has 0 unspecified atom stereocenters. The second kappa shape index (κ2) is 5.62. The van der Waals surface area contributed by atoms with E-state index in [9.17, 15) is 4.79 Å². The summed E-state index contributed by atoms with van der Waals surface area (Å²) in [5.41, 5.74) is 3.09. The molecule has 0 aliphatic heterocycles. The summed E-state index contributed by atoms with van der Waals surface area (Å²) in [5.74, 6) is 0.392. The number of anilines is 1. The molecular formula is C16H11N5OS. The number of amides is 1. The lowest BCUT2D eigenvalue weighted by Gasteiger charge is -2.06. The molecular weight excluding hydrogens is 310 g/mol. The van der Waals surface area contributed by atoms with Crippen LogP contribution in [0, 0.1) is 0 Å². The molecule has 4 rings (SSSR count). The number of nitrogens with zero attached hydrogens (tertiary/aromatic N) is 4. The van der Waals surface area contributed by atoms with Gasteiger partial charge in [0.05, 0.1) is 18.1 Å². The number of hydrogen-bond acceptors (Lipinski definition) is 5. The summed E-state index contributed by atoms with van der Waals surface area (Å²) < 4.78 is 1.82. The number of nitrogens with one attached hydrogen (secondary N) is 1. The number of fused-ring (bicyclic) bond motifs is 1. The van der Waals surface area contributed by atoms with Gasteiger partial charge in [0.1, 0.15) is 5.82 Å². The topological polar surface area (TPSA) is 72.2 Å². The van der Waals surface area contributed by atoms with E-state index in [1.165, 1.54) is 0 Å². The zero-order valence-corrected chi connectivity index (χ0v) is 12.7. The maximum atomic E-state index is 12.3. The van der Waals surface area contributed by atoms with Crippen LogP contribution in [0.1, 0.15) is 10.4 Å². The molecule has 0 radical (unpaired) electrons. The Balaban J connectivity index is 1.70. The fourth-order valence-electron chi connectivity index (χ4n) is 2.23. The Morgan fingerprint density at radius 3 is 2.78 bits per heavy atom. The number of carbonyl (C=O) groups excluding carboxylic acids is 1. The first-order chi connectivity index (χ1) is 11.3. The first kappa shape index (κ1) is 13.6. The average Bonchev–Trinajstić information content (AvgIpc) is 3.25. The molecule has 112 valence electrons. The molecule has 4 aromatic heterocycles. The van der Waals surface area contributed by atoms with Gasteiger partial charge < -0.3 is 5.32 Å². The van der Waals surface area contributed by atoms with Gasteiger partial charge in [-0.25, -0.2) is 4.98 Å². The van der Waals surface area contributed by atoms with Crippen molar-refractivity contribution in [2.75, 3.05) is 5.32 Å². The number of hydrogen-bond donors (Lipinski definition) is 1. The summed E-state index contributed by atoms with van der Waals surface area (Å²) in [6, 6.07) is 5.33. The van der Waals surface area contributed by atoms with E-state index >= 15 is 0 Å². The number of rotatable bonds is 3. The lowest BCUT2D eigenvalue weighted by atomic mass is 10.2. The average molecular weight is 321 g/mol. The fraction of sp³-hybridized carbons (Fsp3) is 0. The van der Waals surface area contributed by atoms with Crippen LogP contribution < -0.4 is 5.32 Å². The Hall–Kier alpha value is -3.06. The molecule has 23 heavy (non-hydrogen) atoms. The summed E-state index contributed by atoms with van der Waals surface area (Å²) in [6.45, 7) is 0. The van der Waals surface area contributed by atoms with Crippen molar-refractivity contribution in [3.05, 3.63) is 65.5 Å². The van der Waals surface area contributed by atoms with Crippen molar-refractivity contribution in [1.29, 1.82) is 0 Å². The van der Waals surface area contributed by atoms with Gasteiger partial charge in [0, 0.05) is 35.1 Å². The van der Waals surface area contributed by atoms with Crippen molar-refractivity contribution in [1.82, 2.24) is 19.4 Å². The molecule has 0 aromatic carbocycles. The third-order valence-corrected chi connectivity index (χ3v) is 4.08. The van der Waals surface area contributed by atoms with Gasteiger partial charge in [-0.15, -0.1) is 0 Å². The predicted molar refractivity (Wildman–Crippen MR) is 88.5 cm³/mol. The van der Waals surface area contributed by atoms with E-state index in [1.807, 2.05) is 27.4 Å². The SMILES string of the molecule is O=C(Nc1cnc2cnc(-c3ccsc3)cn12)c1ccncc1. The Morgan fingerprint density at radius 2 is 2.00 bits per heavy atom. The quantitative estimate of drug-likeness (QED) is 0.629. The number of carbonyl (C=O) groups is 1. The van der Waals surface area contributed by atoms with E-state index in [0.717, 1.165) is 11.3 Å². The van der Waals surface area contributed by atoms with Gasteiger partial charge in [0.2, 0.25) is 0 Å². The zero-order chi connectivity index (χ0) is 15.6. The van der Waals surface area contributed by atoms with Crippen molar-refractivity contribution in [3.8, 4) is 11.3 Å². The molecule has 4 aromatic rings. The number of imidazole rings is 1. The van der Waals surface area contributed by atoms with Gasteiger partial charge >= 0.3 is 0 Å². The molecule has 0 aliphatic rings. The van der Waals surface area contributed by atoms with Crippen LogP contribution in [-0.4, -0.2) is 25.3 Å². The second-order valence-electron chi connectivity index (χ2n) is 4.85. The maximum absolute atomic E-state index is 12.3. The summed E-state index contributed by atoms with van der Waals surface area (Å²) in [7, 11) is 0. The third kappa shape index (κ3) is 2.58. The van der Waals surface area contributed by atoms with E-state index in [2.05, 4.69) is 20.3 Å². The van der Waals surface area contributed by atoms with Crippen molar-refractivity contribution in [2.45, 2.75) is 0 Å². The zero-order valence-electron chi connectivity index (χ0n) is 11.9. The molecule has 0 atom stereocenters. The van der Waals surface area contributed by atoms with Gasteiger partial charge in [-0.3, -0.25) is 19.2 Å². The highest BCUT2D eigenvalue weighted by Gasteiger charge is 2.11. The first-order valence-electron chi connectivity index (χ1n) is 6.88. The summed E-state index contributed by atoms with van der Waals surface area (Å²) in [4.78, 5) is 24.9. The molecule has 0 saturated carbocycles. The van der Waals surface area contributed by atoms with Gasteiger partial charge in [0.25, 0.3) is 5.91 Å². The summed E-state index contributed by atoms with van der Waals surface area (Å²) >= 11 is 1.61. The minimum absolute atomic E-state index is 0.205. The number of thiophene rings is 1. The number of pyridine rings is 1. The van der Waals surface area contributed by atoms with Crippen LogP contribution >= 0.6 is 11.3 Å². The van der Waals surface area contributed by atoms with Crippen molar-refractivity contribution in [3.63, 3.8) is 0 Å². The molecule has 6 nitrogen and oxygen atoms in total. The monoisotopic (exact) mass is 321 g/mol. The van der Waals surface area contributed by atoms with E-state index in [1.54, 1.807) is 48.3 Å². The molecule has 0 saturated heterocycles. The molecule has 0 bridgehead atoms. The van der Waals surface area contributed by atoms with E-state index in [0.29, 0.717) is 17.0 Å². The van der Waals surface area contributed by atoms with Crippen molar-refractivity contribution < 1.29 is 4.79 Å². The van der Waals surface area contributed by atoms with Gasteiger partial charge in [-0.2, -0.15) is 11.3 Å². The lowest BCUT2D eigenvalue weighted by Crippen LogP contribution is -2.13. The Bertz CT molecular complexity index is 963. The van der Waals surface area contributed by atoms with E-state index < -0.39 is 0 Å². The van der Waals surface area contributed by atoms with Crippen molar-refractivity contribution in [2.24, 2.45) is 0 Å². The minimum Gasteiger partial charge on any atom is -0.306 e. The Labute approximate surface area is 135 Å². The van der Waals surface area contributed by atoms with Crippen LogP contribution in [0.5, 0.6) is 0 Å². The molecule has 4 heterocycles. The van der Waals surface area contributed by atoms with Crippen LogP contribution in [-0.2, 0) is 0 Å². The largest absolute Gasteiger partial charge is 0.306 e. The van der Waals surface area contributed by atoms with Gasteiger partial charge in [-0.1, -0.05) is 0 Å². The first-order valence-corrected chi connectivity index (χ1v) is 7.82. The molecule has 1 amide bonds. The standard InChI is InChI=1S/C16H11N5OS/c22-16(11-1-4-17-5-2-11)20-15-8-19-14-7-18-13(9-21(14)15)12-3-6-23-10-12/h1-10H,(H,20,22). The van der Waals surface area contributed by atoms with Gasteiger partial charge in [-0.05, 0) is 23.6 Å². The molecule has 0 fully saturated rings.